The van der Waals surface area contributed by atoms with Crippen molar-refractivity contribution in [1.29, 1.82) is 0 Å². The van der Waals surface area contributed by atoms with Crippen LogP contribution in [0.25, 0.3) is 10.2 Å². The fourth-order valence-electron chi connectivity index (χ4n) is 2.78. The van der Waals surface area contributed by atoms with Crippen molar-refractivity contribution in [2.75, 3.05) is 5.75 Å². The van der Waals surface area contributed by atoms with Crippen LogP contribution in [0.2, 0.25) is 5.02 Å². The van der Waals surface area contributed by atoms with Gasteiger partial charge in [-0.2, -0.15) is 4.99 Å². The number of amides is 1. The Balaban J connectivity index is 1.88. The number of fused-ring (bicyclic) bond motifs is 1. The average molecular weight is 409 g/mol. The van der Waals surface area contributed by atoms with Gasteiger partial charge in [0, 0.05) is 12.1 Å². The van der Waals surface area contributed by atoms with Crippen LogP contribution in [-0.2, 0) is 27.4 Å². The molecule has 0 N–H and O–H groups in total. The fourth-order valence-corrected chi connectivity index (χ4v) is 5.51. The largest absolute Gasteiger partial charge is 0.319 e. The average Bonchev–Trinajstić information content (AvgIpc) is 2.82. The van der Waals surface area contributed by atoms with Crippen molar-refractivity contribution in [1.82, 2.24) is 4.57 Å². The highest BCUT2D eigenvalue weighted by Gasteiger charge is 2.17. The molecule has 0 aliphatic rings. The van der Waals surface area contributed by atoms with Gasteiger partial charge in [0.05, 0.1) is 16.0 Å². The molecule has 0 aliphatic carbocycles. The lowest BCUT2D eigenvalue weighted by molar-refractivity contribution is -0.115. The number of hydrogen-bond acceptors (Lipinski definition) is 4. The first kappa shape index (κ1) is 18.8. The first-order chi connectivity index (χ1) is 12.2. The van der Waals surface area contributed by atoms with E-state index in [2.05, 4.69) is 4.99 Å². The minimum atomic E-state index is -3.58. The van der Waals surface area contributed by atoms with E-state index in [0.29, 0.717) is 15.4 Å². The summed E-state index contributed by atoms with van der Waals surface area (Å²) in [4.78, 5) is 16.7. The second-order valence-electron chi connectivity index (χ2n) is 6.04. The van der Waals surface area contributed by atoms with Crippen molar-refractivity contribution in [3.63, 3.8) is 0 Å². The van der Waals surface area contributed by atoms with E-state index in [1.54, 1.807) is 35.9 Å². The Morgan fingerprint density at radius 2 is 1.92 bits per heavy atom. The molecule has 5 nitrogen and oxygen atoms in total. The van der Waals surface area contributed by atoms with Crippen molar-refractivity contribution in [3.05, 3.63) is 63.4 Å². The van der Waals surface area contributed by atoms with Crippen LogP contribution < -0.4 is 4.80 Å². The number of thiazole rings is 1. The van der Waals surface area contributed by atoms with E-state index in [1.165, 1.54) is 11.3 Å². The number of sulfone groups is 1. The summed E-state index contributed by atoms with van der Waals surface area (Å²) in [6.07, 6.45) is 0. The van der Waals surface area contributed by atoms with E-state index < -0.39 is 21.5 Å². The van der Waals surface area contributed by atoms with Crippen molar-refractivity contribution in [3.8, 4) is 0 Å². The van der Waals surface area contributed by atoms with E-state index in [4.69, 9.17) is 11.6 Å². The van der Waals surface area contributed by atoms with Gasteiger partial charge in [0.2, 0.25) is 0 Å². The molecule has 136 valence electrons. The summed E-state index contributed by atoms with van der Waals surface area (Å²) >= 11 is 7.38. The third-order valence-electron chi connectivity index (χ3n) is 3.85. The van der Waals surface area contributed by atoms with Crippen LogP contribution in [-0.4, -0.2) is 24.6 Å². The first-order valence-electron chi connectivity index (χ1n) is 7.83. The van der Waals surface area contributed by atoms with Gasteiger partial charge in [-0.3, -0.25) is 4.79 Å². The van der Waals surface area contributed by atoms with Gasteiger partial charge in [-0.15, -0.1) is 0 Å². The van der Waals surface area contributed by atoms with E-state index in [9.17, 15) is 13.2 Å². The Labute approximate surface area is 160 Å². The van der Waals surface area contributed by atoms with Crippen LogP contribution in [0.5, 0.6) is 0 Å². The van der Waals surface area contributed by atoms with Crippen LogP contribution in [0.15, 0.2) is 47.5 Å². The maximum atomic E-state index is 12.3. The van der Waals surface area contributed by atoms with E-state index in [-0.39, 0.29) is 5.75 Å². The topological polar surface area (TPSA) is 68.5 Å². The number of aryl methyl sites for hydroxylation is 2. The summed E-state index contributed by atoms with van der Waals surface area (Å²) in [6, 6.07) is 12.4. The number of halogens is 1. The Morgan fingerprint density at radius 3 is 2.62 bits per heavy atom. The molecule has 8 heteroatoms. The quantitative estimate of drug-likeness (QED) is 0.665. The van der Waals surface area contributed by atoms with Crippen molar-refractivity contribution < 1.29 is 13.2 Å². The Hall–Kier alpha value is -1.96. The highest BCUT2D eigenvalue weighted by Crippen LogP contribution is 2.25. The zero-order chi connectivity index (χ0) is 18.9. The summed E-state index contributed by atoms with van der Waals surface area (Å²) < 4.78 is 27.2. The Bertz CT molecular complexity index is 1150. The molecular formula is C18H17ClN2O3S2. The molecule has 0 radical (unpaired) electrons. The number of benzene rings is 2. The van der Waals surface area contributed by atoms with E-state index >= 15 is 0 Å². The van der Waals surface area contributed by atoms with Gasteiger partial charge in [0.1, 0.15) is 5.75 Å². The molecule has 1 amide bonds. The molecule has 3 aromatic rings. The molecule has 1 heterocycles. The van der Waals surface area contributed by atoms with Gasteiger partial charge in [0.25, 0.3) is 5.91 Å². The molecule has 0 atom stereocenters. The third-order valence-corrected chi connectivity index (χ3v) is 6.60. The molecule has 0 saturated carbocycles. The number of carbonyl (C=O) groups is 1. The van der Waals surface area contributed by atoms with Crippen LogP contribution >= 0.6 is 22.9 Å². The zero-order valence-electron chi connectivity index (χ0n) is 14.3. The number of hydrogen-bond donors (Lipinski definition) is 0. The van der Waals surface area contributed by atoms with Gasteiger partial charge < -0.3 is 4.57 Å². The van der Waals surface area contributed by atoms with Crippen molar-refractivity contribution in [2.45, 2.75) is 12.7 Å². The summed E-state index contributed by atoms with van der Waals surface area (Å²) in [5, 5.41) is 0.611. The predicted molar refractivity (Wildman–Crippen MR) is 105 cm³/mol. The number of carbonyl (C=O) groups excluding carboxylic acids is 1. The van der Waals surface area contributed by atoms with Crippen LogP contribution in [0.1, 0.15) is 11.1 Å². The highest BCUT2D eigenvalue weighted by atomic mass is 35.5. The fraction of sp³-hybridized carbons (Fsp3) is 0.222. The third kappa shape index (κ3) is 4.23. The van der Waals surface area contributed by atoms with Crippen LogP contribution in [0.3, 0.4) is 0 Å². The Morgan fingerprint density at radius 1 is 1.23 bits per heavy atom. The van der Waals surface area contributed by atoms with Gasteiger partial charge in [0.15, 0.2) is 14.6 Å². The zero-order valence-corrected chi connectivity index (χ0v) is 16.7. The maximum absolute atomic E-state index is 12.3. The van der Waals surface area contributed by atoms with Gasteiger partial charge in [-0.25, -0.2) is 8.42 Å². The minimum absolute atomic E-state index is 0.178. The smallest absolute Gasteiger partial charge is 0.263 e. The molecule has 2 aromatic carbocycles. The van der Waals surface area contributed by atoms with Crippen LogP contribution in [0.4, 0.5) is 0 Å². The summed E-state index contributed by atoms with van der Waals surface area (Å²) in [5.74, 6) is -1.47. The van der Waals surface area contributed by atoms with Crippen molar-refractivity contribution in [2.24, 2.45) is 12.0 Å². The molecule has 0 bridgehead atoms. The summed E-state index contributed by atoms with van der Waals surface area (Å²) in [5.41, 5.74) is 2.55. The standard InChI is InChI=1S/C18H17ClN2O3S2/c1-12-8-14(19)9-15-17(12)21(2)18(25-15)20-16(22)11-26(23,24)10-13-6-4-3-5-7-13/h3-9H,10-11H2,1-2H3. The normalized spacial score (nSPS) is 12.7. The summed E-state index contributed by atoms with van der Waals surface area (Å²) in [6.45, 7) is 1.93. The lowest BCUT2D eigenvalue weighted by atomic mass is 10.2. The SMILES string of the molecule is Cc1cc(Cl)cc2sc(=NC(=O)CS(=O)(=O)Cc3ccccc3)n(C)c12. The van der Waals surface area contributed by atoms with Gasteiger partial charge >= 0.3 is 0 Å². The van der Waals surface area contributed by atoms with E-state index in [0.717, 1.165) is 15.8 Å². The lowest BCUT2D eigenvalue weighted by Gasteiger charge is -2.02. The van der Waals surface area contributed by atoms with E-state index in [1.807, 2.05) is 25.1 Å². The van der Waals surface area contributed by atoms with Crippen LogP contribution in [0, 0.1) is 6.92 Å². The molecule has 1 aromatic heterocycles. The van der Waals surface area contributed by atoms with Gasteiger partial charge in [-0.1, -0.05) is 53.3 Å². The molecule has 0 aliphatic heterocycles. The molecule has 0 fully saturated rings. The monoisotopic (exact) mass is 408 g/mol. The lowest BCUT2D eigenvalue weighted by Crippen LogP contribution is -2.20. The molecule has 0 spiro atoms. The summed E-state index contributed by atoms with van der Waals surface area (Å²) in [7, 11) is -1.78. The molecule has 0 unspecified atom stereocenters. The number of rotatable bonds is 4. The highest BCUT2D eigenvalue weighted by molar-refractivity contribution is 7.91. The molecule has 26 heavy (non-hydrogen) atoms. The molecular weight excluding hydrogens is 392 g/mol. The molecule has 3 rings (SSSR count). The second-order valence-corrected chi connectivity index (χ2v) is 9.55. The first-order valence-corrected chi connectivity index (χ1v) is 10.8. The maximum Gasteiger partial charge on any atom is 0.263 e. The van der Waals surface area contributed by atoms with Gasteiger partial charge in [-0.05, 0) is 30.2 Å². The number of nitrogens with zero attached hydrogens (tertiary/aromatic N) is 2. The molecule has 0 saturated heterocycles. The minimum Gasteiger partial charge on any atom is -0.319 e. The Kier molecular flexibility index (Phi) is 5.32. The van der Waals surface area contributed by atoms with Crippen molar-refractivity contribution >= 4 is 48.9 Å². The predicted octanol–water partition coefficient (Wildman–Crippen LogP) is 3.24. The number of aromatic nitrogens is 1. The second kappa shape index (κ2) is 7.34.